The molecule has 0 aromatic carbocycles. The summed E-state index contributed by atoms with van der Waals surface area (Å²) in [6, 6.07) is 0. The molecule has 6 rings (SSSR count). The van der Waals surface area contributed by atoms with Gasteiger partial charge < -0.3 is 39.7 Å². The SMILES string of the molecule is C[C@]12CCC(=O)C=C1CCC1C3CC[C@H](C(=O)CO)C34C[C@@H](OC4O[C@@H]3O[C@H](C(=O)O)[C@@H](O)[C@H](O)[C@H]3O)[C@@H]12. The molecular weight excluding hydrogens is 500 g/mol. The van der Waals surface area contributed by atoms with Crippen LogP contribution in [-0.4, -0.2) is 92.8 Å². The Bertz CT molecular complexity index is 1060. The van der Waals surface area contributed by atoms with E-state index in [0.717, 1.165) is 31.3 Å². The highest BCUT2D eigenvalue weighted by molar-refractivity contribution is 5.91. The molecule has 11 heteroatoms. The molecule has 5 fully saturated rings. The highest BCUT2D eigenvalue weighted by Gasteiger charge is 2.72. The average molecular weight is 537 g/mol. The monoisotopic (exact) mass is 536 g/mol. The first kappa shape index (κ1) is 26.5. The molecule has 11 nitrogen and oxygen atoms in total. The molecule has 4 aliphatic carbocycles. The molecule has 13 atom stereocenters. The van der Waals surface area contributed by atoms with Crippen molar-refractivity contribution in [3.8, 4) is 0 Å². The molecule has 4 unspecified atom stereocenters. The number of aliphatic carboxylic acids is 1. The Morgan fingerprint density at radius 1 is 1.08 bits per heavy atom. The first-order chi connectivity index (χ1) is 18.0. The number of carbonyl (C=O) groups excluding carboxylic acids is 2. The van der Waals surface area contributed by atoms with E-state index in [1.165, 1.54) is 0 Å². The fourth-order valence-electron chi connectivity index (χ4n) is 9.22. The van der Waals surface area contributed by atoms with E-state index in [9.17, 15) is 39.9 Å². The summed E-state index contributed by atoms with van der Waals surface area (Å²) in [5.41, 5.74) is 0.0946. The number of allylic oxidation sites excluding steroid dienone is 1. The van der Waals surface area contributed by atoms with E-state index in [0.29, 0.717) is 19.3 Å². The van der Waals surface area contributed by atoms with Gasteiger partial charge in [0.1, 0.15) is 24.9 Å². The minimum Gasteiger partial charge on any atom is -0.479 e. The van der Waals surface area contributed by atoms with E-state index >= 15 is 0 Å². The number of ketones is 2. The maximum absolute atomic E-state index is 13.0. The first-order valence-electron chi connectivity index (χ1n) is 13.6. The molecule has 3 saturated carbocycles. The maximum Gasteiger partial charge on any atom is 0.335 e. The predicted octanol–water partition coefficient (Wildman–Crippen LogP) is -0.0804. The van der Waals surface area contributed by atoms with Crippen molar-refractivity contribution in [3.63, 3.8) is 0 Å². The third kappa shape index (κ3) is 3.56. The van der Waals surface area contributed by atoms with E-state index in [2.05, 4.69) is 6.92 Å². The van der Waals surface area contributed by atoms with Crippen molar-refractivity contribution in [3.05, 3.63) is 11.6 Å². The van der Waals surface area contributed by atoms with Gasteiger partial charge in [-0.25, -0.2) is 4.79 Å². The summed E-state index contributed by atoms with van der Waals surface area (Å²) < 4.78 is 18.2. The fourth-order valence-corrected chi connectivity index (χ4v) is 9.22. The maximum atomic E-state index is 13.0. The molecule has 0 aromatic heterocycles. The third-order valence-electron chi connectivity index (χ3n) is 10.8. The lowest BCUT2D eigenvalue weighted by atomic mass is 9.46. The van der Waals surface area contributed by atoms with Gasteiger partial charge in [0, 0.05) is 17.8 Å². The summed E-state index contributed by atoms with van der Waals surface area (Å²) in [5.74, 6) is -1.93. The molecule has 2 saturated heterocycles. The second-order valence-corrected chi connectivity index (χ2v) is 12.3. The smallest absolute Gasteiger partial charge is 0.335 e. The summed E-state index contributed by atoms with van der Waals surface area (Å²) >= 11 is 0. The van der Waals surface area contributed by atoms with E-state index in [1.807, 2.05) is 0 Å². The van der Waals surface area contributed by atoms with Crippen molar-refractivity contribution in [1.29, 1.82) is 0 Å². The van der Waals surface area contributed by atoms with Crippen LogP contribution in [-0.2, 0) is 28.6 Å². The number of fused-ring (bicyclic) bond motifs is 6. The summed E-state index contributed by atoms with van der Waals surface area (Å²) in [7, 11) is 0. The van der Waals surface area contributed by atoms with Crippen molar-refractivity contribution in [2.75, 3.05) is 6.61 Å². The zero-order valence-electron chi connectivity index (χ0n) is 21.3. The van der Waals surface area contributed by atoms with Crippen LogP contribution in [0.4, 0.5) is 0 Å². The number of rotatable bonds is 5. The van der Waals surface area contributed by atoms with Gasteiger partial charge >= 0.3 is 5.97 Å². The van der Waals surface area contributed by atoms with Crippen LogP contribution in [0.1, 0.15) is 51.9 Å². The minimum absolute atomic E-state index is 0.0132. The number of hydrogen-bond donors (Lipinski definition) is 5. The van der Waals surface area contributed by atoms with Crippen molar-refractivity contribution >= 4 is 17.5 Å². The van der Waals surface area contributed by atoms with E-state index in [4.69, 9.17) is 14.2 Å². The Hall–Kier alpha value is -1.73. The summed E-state index contributed by atoms with van der Waals surface area (Å²) in [6.07, 6.45) is -3.83. The molecule has 0 aromatic rings. The molecule has 38 heavy (non-hydrogen) atoms. The molecule has 2 bridgehead atoms. The zero-order chi connectivity index (χ0) is 27.1. The Morgan fingerprint density at radius 3 is 2.55 bits per heavy atom. The Morgan fingerprint density at radius 2 is 1.84 bits per heavy atom. The minimum atomic E-state index is -1.85. The quantitative estimate of drug-likeness (QED) is 0.317. The van der Waals surface area contributed by atoms with Crippen LogP contribution >= 0.6 is 0 Å². The molecule has 210 valence electrons. The van der Waals surface area contributed by atoms with Gasteiger partial charge in [-0.15, -0.1) is 0 Å². The van der Waals surface area contributed by atoms with Gasteiger partial charge in [-0.05, 0) is 67.8 Å². The van der Waals surface area contributed by atoms with Crippen LogP contribution in [0.2, 0.25) is 0 Å². The van der Waals surface area contributed by atoms with Gasteiger partial charge in [0.05, 0.1) is 6.10 Å². The number of ether oxygens (including phenoxy) is 3. The fraction of sp³-hybridized carbons (Fsp3) is 0.815. The Labute approximate surface area is 219 Å². The molecule has 2 heterocycles. The molecule has 0 amide bonds. The molecule has 1 spiro atoms. The van der Waals surface area contributed by atoms with Gasteiger partial charge in [-0.2, -0.15) is 0 Å². The second kappa shape index (κ2) is 9.15. The number of aliphatic hydroxyl groups is 4. The largest absolute Gasteiger partial charge is 0.479 e. The highest BCUT2D eigenvalue weighted by atomic mass is 16.8. The lowest BCUT2D eigenvalue weighted by Gasteiger charge is -2.57. The van der Waals surface area contributed by atoms with Crippen molar-refractivity contribution in [2.24, 2.45) is 34.5 Å². The normalized spacial score (nSPS) is 51.6. The van der Waals surface area contributed by atoms with Crippen LogP contribution < -0.4 is 0 Å². The number of aliphatic hydroxyl groups excluding tert-OH is 4. The molecule has 0 radical (unpaired) electrons. The lowest BCUT2D eigenvalue weighted by molar-refractivity contribution is -0.341. The van der Waals surface area contributed by atoms with Gasteiger partial charge in [-0.3, -0.25) is 9.59 Å². The number of carbonyl (C=O) groups is 3. The van der Waals surface area contributed by atoms with E-state index < -0.39 is 60.9 Å². The second-order valence-electron chi connectivity index (χ2n) is 12.3. The standard InChI is InChI=1S/C27H36O11/c1-26-7-6-12(29)8-11(26)2-3-13-14-4-5-15(16(30)10-28)27(14)9-17(18(13)26)36-25(27)38-24-21(33)19(31)20(32)22(37-24)23(34)35/h8,13-15,17-22,24-25,28,31-33H,2-7,9-10H2,1H3,(H,34,35)/t13?,14?,15-,17-,18-,19+,20+,21-,22+,24+,25?,26+,27?/m1/s1. The molecule has 5 N–H and O–H groups in total. The van der Waals surface area contributed by atoms with Gasteiger partial charge in [-0.1, -0.05) is 12.5 Å². The summed E-state index contributed by atoms with van der Waals surface area (Å²) in [4.78, 5) is 36.9. The van der Waals surface area contributed by atoms with Crippen molar-refractivity contribution < 1.29 is 54.1 Å². The van der Waals surface area contributed by atoms with Gasteiger partial charge in [0.2, 0.25) is 0 Å². The molecule has 2 aliphatic heterocycles. The van der Waals surface area contributed by atoms with Gasteiger partial charge in [0.15, 0.2) is 30.3 Å². The topological polar surface area (TPSA) is 180 Å². The zero-order valence-corrected chi connectivity index (χ0v) is 21.3. The number of hydrogen-bond acceptors (Lipinski definition) is 10. The van der Waals surface area contributed by atoms with E-state index in [1.54, 1.807) is 6.08 Å². The highest BCUT2D eigenvalue weighted by Crippen LogP contribution is 2.71. The number of Topliss-reactive ketones (excluding diaryl/α,β-unsaturated/α-hetero) is 1. The third-order valence-corrected chi connectivity index (χ3v) is 10.8. The number of carboxylic acid groups (broad SMARTS) is 1. The van der Waals surface area contributed by atoms with Crippen molar-refractivity contribution in [1.82, 2.24) is 0 Å². The molecular formula is C27H36O11. The summed E-state index contributed by atoms with van der Waals surface area (Å²) in [5, 5.41) is 50.3. The van der Waals surface area contributed by atoms with Crippen LogP contribution in [0.15, 0.2) is 11.6 Å². The summed E-state index contributed by atoms with van der Waals surface area (Å²) in [6.45, 7) is 1.58. The Balaban J connectivity index is 1.37. The lowest BCUT2D eigenvalue weighted by Crippen LogP contribution is -2.62. The number of carboxylic acids is 1. The average Bonchev–Trinajstić information content (AvgIpc) is 3.42. The predicted molar refractivity (Wildman–Crippen MR) is 126 cm³/mol. The van der Waals surface area contributed by atoms with Crippen LogP contribution in [0.3, 0.4) is 0 Å². The van der Waals surface area contributed by atoms with Crippen LogP contribution in [0, 0.1) is 34.5 Å². The van der Waals surface area contributed by atoms with Crippen LogP contribution in [0.25, 0.3) is 0 Å². The van der Waals surface area contributed by atoms with E-state index in [-0.39, 0.29) is 40.8 Å². The Kier molecular flexibility index (Phi) is 6.38. The first-order valence-corrected chi connectivity index (χ1v) is 13.6. The van der Waals surface area contributed by atoms with Crippen molar-refractivity contribution in [2.45, 2.75) is 95.0 Å². The van der Waals surface area contributed by atoms with Gasteiger partial charge in [0.25, 0.3) is 0 Å². The van der Waals surface area contributed by atoms with Crippen LogP contribution in [0.5, 0.6) is 0 Å². The molecule has 6 aliphatic rings.